The minimum atomic E-state index is 0.151. The summed E-state index contributed by atoms with van der Waals surface area (Å²) < 4.78 is 16.7. The highest BCUT2D eigenvalue weighted by Gasteiger charge is 2.41. The van der Waals surface area contributed by atoms with Crippen molar-refractivity contribution < 1.29 is 14.2 Å². The van der Waals surface area contributed by atoms with E-state index in [4.69, 9.17) is 14.2 Å². The molecule has 3 aromatic carbocycles. The van der Waals surface area contributed by atoms with Crippen LogP contribution >= 0.6 is 0 Å². The molecule has 0 saturated carbocycles. The third-order valence-electron chi connectivity index (χ3n) is 7.32. The number of nitrogens with zero attached hydrogens (tertiary/aromatic N) is 1. The molecule has 4 aromatic rings. The van der Waals surface area contributed by atoms with E-state index in [1.165, 1.54) is 38.9 Å². The maximum Gasteiger partial charge on any atom is 0.161 e. The Morgan fingerprint density at radius 3 is 2.39 bits per heavy atom. The Hall–Kier alpha value is -3.44. The third-order valence-corrected chi connectivity index (χ3v) is 7.32. The fourth-order valence-electron chi connectivity index (χ4n) is 5.76. The highest BCUT2D eigenvalue weighted by molar-refractivity contribution is 5.85. The second-order valence-electron chi connectivity index (χ2n) is 8.85. The summed E-state index contributed by atoms with van der Waals surface area (Å²) in [4.78, 5) is 6.42. The van der Waals surface area contributed by atoms with Crippen molar-refractivity contribution in [3.63, 3.8) is 0 Å². The molecule has 0 radical (unpaired) electrons. The van der Waals surface area contributed by atoms with Crippen molar-refractivity contribution >= 4 is 10.9 Å². The van der Waals surface area contributed by atoms with Gasteiger partial charge in [0.25, 0.3) is 0 Å². The van der Waals surface area contributed by atoms with Crippen LogP contribution in [0.3, 0.4) is 0 Å². The number of aromatic nitrogens is 1. The lowest BCUT2D eigenvalue weighted by molar-refractivity contribution is 0.127. The molecular weight excluding hydrogens is 412 g/mol. The highest BCUT2D eigenvalue weighted by Crippen LogP contribution is 2.49. The highest BCUT2D eigenvalue weighted by atomic mass is 16.5. The molecule has 0 bridgehead atoms. The van der Waals surface area contributed by atoms with Crippen molar-refractivity contribution in [3.05, 3.63) is 88.6 Å². The van der Waals surface area contributed by atoms with E-state index < -0.39 is 0 Å². The lowest BCUT2D eigenvalue weighted by atomic mass is 9.80. The first-order chi connectivity index (χ1) is 16.2. The van der Waals surface area contributed by atoms with Gasteiger partial charge in [0, 0.05) is 29.2 Å². The van der Waals surface area contributed by atoms with E-state index >= 15 is 0 Å². The zero-order valence-corrected chi connectivity index (χ0v) is 19.2. The van der Waals surface area contributed by atoms with Crippen LogP contribution < -0.4 is 14.2 Å². The first kappa shape index (κ1) is 20.2. The number of benzene rings is 3. The van der Waals surface area contributed by atoms with Crippen LogP contribution in [0, 0.1) is 0 Å². The molecule has 5 nitrogen and oxygen atoms in total. The maximum absolute atomic E-state index is 5.68. The number of para-hydroxylation sites is 1. The first-order valence-electron chi connectivity index (χ1n) is 11.5. The summed E-state index contributed by atoms with van der Waals surface area (Å²) in [6.07, 6.45) is 1.95. The van der Waals surface area contributed by atoms with Crippen molar-refractivity contribution in [1.29, 1.82) is 0 Å². The van der Waals surface area contributed by atoms with Gasteiger partial charge in [0.15, 0.2) is 11.5 Å². The normalized spacial score (nSPS) is 19.5. The smallest absolute Gasteiger partial charge is 0.161 e. The van der Waals surface area contributed by atoms with Gasteiger partial charge >= 0.3 is 0 Å². The van der Waals surface area contributed by atoms with E-state index in [-0.39, 0.29) is 12.1 Å². The molecule has 5 heteroatoms. The molecule has 33 heavy (non-hydrogen) atoms. The fourth-order valence-corrected chi connectivity index (χ4v) is 5.76. The summed E-state index contributed by atoms with van der Waals surface area (Å²) in [7, 11) is 5.13. The van der Waals surface area contributed by atoms with Gasteiger partial charge in [-0.3, -0.25) is 4.90 Å². The number of fused-ring (bicyclic) bond motifs is 6. The number of hydrogen-bond donors (Lipinski definition) is 1. The quantitative estimate of drug-likeness (QED) is 0.459. The summed E-state index contributed by atoms with van der Waals surface area (Å²) >= 11 is 0. The topological polar surface area (TPSA) is 46.7 Å². The van der Waals surface area contributed by atoms with Gasteiger partial charge in [0.05, 0.1) is 27.4 Å². The van der Waals surface area contributed by atoms with E-state index in [0.29, 0.717) is 0 Å². The van der Waals surface area contributed by atoms with Crippen LogP contribution in [0.15, 0.2) is 60.7 Å². The average molecular weight is 441 g/mol. The molecule has 1 unspecified atom stereocenters. The van der Waals surface area contributed by atoms with E-state index in [9.17, 15) is 0 Å². The van der Waals surface area contributed by atoms with Crippen LogP contribution in [-0.4, -0.2) is 37.8 Å². The lowest BCUT2D eigenvalue weighted by Crippen LogP contribution is -2.43. The summed E-state index contributed by atoms with van der Waals surface area (Å²) in [5.41, 5.74) is 7.89. The van der Waals surface area contributed by atoms with E-state index in [2.05, 4.69) is 70.5 Å². The first-order valence-corrected chi connectivity index (χ1v) is 11.5. The van der Waals surface area contributed by atoms with Crippen LogP contribution in [0.25, 0.3) is 10.9 Å². The molecule has 6 rings (SSSR count). The Balaban J connectivity index is 1.55. The summed E-state index contributed by atoms with van der Waals surface area (Å²) in [5.74, 6) is 2.48. The second kappa shape index (κ2) is 7.85. The number of methoxy groups -OCH3 is 3. The minimum absolute atomic E-state index is 0.151. The molecule has 0 fully saturated rings. The monoisotopic (exact) mass is 440 g/mol. The van der Waals surface area contributed by atoms with Crippen LogP contribution in [0.1, 0.15) is 40.0 Å². The van der Waals surface area contributed by atoms with Gasteiger partial charge in [-0.1, -0.05) is 30.3 Å². The maximum atomic E-state index is 5.68. The van der Waals surface area contributed by atoms with Crippen LogP contribution in [0.5, 0.6) is 17.2 Å². The summed E-state index contributed by atoms with van der Waals surface area (Å²) in [6.45, 7) is 0.985. The molecule has 2 atom stereocenters. The Morgan fingerprint density at radius 2 is 1.64 bits per heavy atom. The number of hydrogen-bond acceptors (Lipinski definition) is 4. The van der Waals surface area contributed by atoms with Gasteiger partial charge in [-0.2, -0.15) is 0 Å². The minimum Gasteiger partial charge on any atom is -0.497 e. The molecule has 0 aliphatic carbocycles. The van der Waals surface area contributed by atoms with E-state index in [1.807, 2.05) is 0 Å². The molecule has 2 aliphatic heterocycles. The Morgan fingerprint density at radius 1 is 0.879 bits per heavy atom. The van der Waals surface area contributed by atoms with Crippen molar-refractivity contribution in [2.45, 2.75) is 24.9 Å². The number of ether oxygens (including phenoxy) is 3. The van der Waals surface area contributed by atoms with Crippen molar-refractivity contribution in [2.24, 2.45) is 0 Å². The van der Waals surface area contributed by atoms with Crippen LogP contribution in [0.2, 0.25) is 0 Å². The number of rotatable bonds is 4. The molecule has 2 aliphatic rings. The molecule has 3 heterocycles. The summed E-state index contributed by atoms with van der Waals surface area (Å²) in [6, 6.07) is 22.0. The van der Waals surface area contributed by atoms with E-state index in [0.717, 1.165) is 36.6 Å². The van der Waals surface area contributed by atoms with Gasteiger partial charge < -0.3 is 19.2 Å². The zero-order valence-electron chi connectivity index (χ0n) is 19.2. The van der Waals surface area contributed by atoms with Gasteiger partial charge in [-0.05, 0) is 65.4 Å². The molecule has 1 aromatic heterocycles. The Labute approximate surface area is 193 Å². The standard InChI is InChI=1S/C28H28N2O3/c1-31-19-10-8-17(9-11-19)28-27-22(20-6-4-5-7-23(20)29-27)15-24-21-16-26(33-3)25(32-2)14-18(21)12-13-30(24)28/h4-11,14,16,24,28-29H,12-13,15H2,1-3H3/t24?,28-/m0/s1. The largest absolute Gasteiger partial charge is 0.497 e. The lowest BCUT2D eigenvalue weighted by Gasteiger charge is -2.46. The Kier molecular flexibility index (Phi) is 4.80. The number of H-pyrrole nitrogens is 1. The Bertz CT molecular complexity index is 1330. The molecule has 168 valence electrons. The van der Waals surface area contributed by atoms with Crippen molar-refractivity contribution in [3.8, 4) is 17.2 Å². The van der Waals surface area contributed by atoms with E-state index in [1.54, 1.807) is 21.3 Å². The molecule has 0 amide bonds. The molecule has 1 N–H and O–H groups in total. The fraction of sp³-hybridized carbons (Fsp3) is 0.286. The third kappa shape index (κ3) is 3.10. The van der Waals surface area contributed by atoms with Crippen LogP contribution in [0.4, 0.5) is 0 Å². The predicted molar refractivity (Wildman–Crippen MR) is 130 cm³/mol. The van der Waals surface area contributed by atoms with Crippen LogP contribution in [-0.2, 0) is 12.8 Å². The van der Waals surface area contributed by atoms with Crippen molar-refractivity contribution in [1.82, 2.24) is 9.88 Å². The van der Waals surface area contributed by atoms with Gasteiger partial charge in [0.1, 0.15) is 5.75 Å². The van der Waals surface area contributed by atoms with Crippen molar-refractivity contribution in [2.75, 3.05) is 27.9 Å². The number of nitrogens with one attached hydrogen (secondary N) is 1. The summed E-state index contributed by atoms with van der Waals surface area (Å²) in [5, 5.41) is 1.32. The SMILES string of the molecule is COc1ccc([C@H]2c3[nH]c4ccccc4c3CC3c4cc(OC)c(OC)cc4CCN32)cc1. The molecule has 0 spiro atoms. The number of aromatic amines is 1. The predicted octanol–water partition coefficient (Wildman–Crippen LogP) is 5.44. The molecule has 0 saturated heterocycles. The van der Waals surface area contributed by atoms with Gasteiger partial charge in [-0.15, -0.1) is 0 Å². The zero-order chi connectivity index (χ0) is 22.5. The second-order valence-corrected chi connectivity index (χ2v) is 8.85. The van der Waals surface area contributed by atoms with Gasteiger partial charge in [0.2, 0.25) is 0 Å². The van der Waals surface area contributed by atoms with Gasteiger partial charge in [-0.25, -0.2) is 0 Å². The molecular formula is C28H28N2O3. The average Bonchev–Trinajstić information content (AvgIpc) is 3.24.